The summed E-state index contributed by atoms with van der Waals surface area (Å²) in [6.07, 6.45) is 0.772. The van der Waals surface area contributed by atoms with Gasteiger partial charge in [0, 0.05) is 12.0 Å². The number of para-hydroxylation sites is 1. The van der Waals surface area contributed by atoms with Crippen molar-refractivity contribution in [2.45, 2.75) is 13.3 Å². The SMILES string of the molecule is CCc1nnc(-c2ccc(OC)cc2)n1-c1ccccc1Cl. The van der Waals surface area contributed by atoms with Gasteiger partial charge in [0.15, 0.2) is 5.82 Å². The van der Waals surface area contributed by atoms with Crippen molar-refractivity contribution in [2.24, 2.45) is 0 Å². The number of rotatable bonds is 4. The molecular weight excluding hydrogens is 298 g/mol. The molecule has 1 heterocycles. The highest BCUT2D eigenvalue weighted by Gasteiger charge is 2.16. The Morgan fingerprint density at radius 3 is 2.41 bits per heavy atom. The smallest absolute Gasteiger partial charge is 0.168 e. The topological polar surface area (TPSA) is 39.9 Å². The predicted molar refractivity (Wildman–Crippen MR) is 87.7 cm³/mol. The van der Waals surface area contributed by atoms with Gasteiger partial charge in [-0.3, -0.25) is 4.57 Å². The van der Waals surface area contributed by atoms with E-state index in [1.54, 1.807) is 7.11 Å². The molecule has 0 bridgehead atoms. The van der Waals surface area contributed by atoms with E-state index >= 15 is 0 Å². The van der Waals surface area contributed by atoms with Gasteiger partial charge in [0.1, 0.15) is 11.6 Å². The van der Waals surface area contributed by atoms with Crippen LogP contribution in [0.5, 0.6) is 5.75 Å². The van der Waals surface area contributed by atoms with Crippen LogP contribution in [0.15, 0.2) is 48.5 Å². The van der Waals surface area contributed by atoms with Crippen molar-refractivity contribution >= 4 is 11.6 Å². The Labute approximate surface area is 134 Å². The molecule has 0 saturated carbocycles. The minimum absolute atomic E-state index is 0.673. The van der Waals surface area contributed by atoms with E-state index in [9.17, 15) is 0 Å². The summed E-state index contributed by atoms with van der Waals surface area (Å²) in [5.41, 5.74) is 1.85. The molecule has 0 amide bonds. The van der Waals surface area contributed by atoms with E-state index in [0.717, 1.165) is 35.1 Å². The van der Waals surface area contributed by atoms with Crippen molar-refractivity contribution < 1.29 is 4.74 Å². The van der Waals surface area contributed by atoms with Gasteiger partial charge in [-0.25, -0.2) is 0 Å². The fourth-order valence-corrected chi connectivity index (χ4v) is 2.58. The van der Waals surface area contributed by atoms with E-state index in [0.29, 0.717) is 5.02 Å². The number of hydrogen-bond acceptors (Lipinski definition) is 3. The van der Waals surface area contributed by atoms with E-state index in [1.807, 2.05) is 53.1 Å². The summed E-state index contributed by atoms with van der Waals surface area (Å²) in [7, 11) is 1.65. The summed E-state index contributed by atoms with van der Waals surface area (Å²) in [5.74, 6) is 2.45. The Kier molecular flexibility index (Phi) is 4.11. The first kappa shape index (κ1) is 14.6. The monoisotopic (exact) mass is 313 g/mol. The Hall–Kier alpha value is -2.33. The Morgan fingerprint density at radius 1 is 1.05 bits per heavy atom. The molecule has 3 aromatic rings. The molecule has 0 fully saturated rings. The van der Waals surface area contributed by atoms with Crippen LogP contribution in [-0.2, 0) is 6.42 Å². The van der Waals surface area contributed by atoms with Gasteiger partial charge < -0.3 is 4.74 Å². The van der Waals surface area contributed by atoms with Gasteiger partial charge in [-0.2, -0.15) is 0 Å². The molecule has 3 rings (SSSR count). The average Bonchev–Trinajstić information content (AvgIpc) is 2.99. The van der Waals surface area contributed by atoms with Crippen molar-refractivity contribution in [2.75, 3.05) is 7.11 Å². The Balaban J connectivity index is 2.17. The summed E-state index contributed by atoms with van der Waals surface area (Å²) in [5, 5.41) is 9.31. The highest BCUT2D eigenvalue weighted by Crippen LogP contribution is 2.28. The molecule has 0 aliphatic heterocycles. The second-order valence-corrected chi connectivity index (χ2v) is 5.22. The number of aromatic nitrogens is 3. The van der Waals surface area contributed by atoms with Crippen molar-refractivity contribution in [3.63, 3.8) is 0 Å². The molecule has 2 aromatic carbocycles. The molecule has 0 atom stereocenters. The van der Waals surface area contributed by atoms with E-state index in [2.05, 4.69) is 17.1 Å². The van der Waals surface area contributed by atoms with Gasteiger partial charge in [-0.1, -0.05) is 30.7 Å². The number of aryl methyl sites for hydroxylation is 1. The van der Waals surface area contributed by atoms with E-state index in [4.69, 9.17) is 16.3 Å². The van der Waals surface area contributed by atoms with Crippen LogP contribution >= 0.6 is 11.6 Å². The van der Waals surface area contributed by atoms with Crippen molar-refractivity contribution in [1.82, 2.24) is 14.8 Å². The summed E-state index contributed by atoms with van der Waals surface area (Å²) in [6, 6.07) is 15.5. The molecule has 112 valence electrons. The maximum atomic E-state index is 6.36. The minimum Gasteiger partial charge on any atom is -0.497 e. The van der Waals surface area contributed by atoms with Crippen molar-refractivity contribution in [3.8, 4) is 22.8 Å². The average molecular weight is 314 g/mol. The number of benzene rings is 2. The summed E-state index contributed by atoms with van der Waals surface area (Å²) in [6.45, 7) is 2.05. The standard InChI is InChI=1S/C17H16ClN3O/c1-3-16-19-20-17(12-8-10-13(22-2)11-9-12)21(16)15-7-5-4-6-14(15)18/h4-11H,3H2,1-2H3. The highest BCUT2D eigenvalue weighted by atomic mass is 35.5. The number of nitrogens with zero attached hydrogens (tertiary/aromatic N) is 3. The van der Waals surface area contributed by atoms with Crippen LogP contribution in [0.2, 0.25) is 5.02 Å². The molecule has 4 nitrogen and oxygen atoms in total. The summed E-state index contributed by atoms with van der Waals surface area (Å²) < 4.78 is 7.21. The molecule has 0 aliphatic rings. The first-order valence-electron chi connectivity index (χ1n) is 7.08. The van der Waals surface area contributed by atoms with Crippen LogP contribution < -0.4 is 4.74 Å². The fraction of sp³-hybridized carbons (Fsp3) is 0.176. The van der Waals surface area contributed by atoms with E-state index in [1.165, 1.54) is 0 Å². The lowest BCUT2D eigenvalue weighted by molar-refractivity contribution is 0.415. The molecule has 5 heteroatoms. The van der Waals surface area contributed by atoms with Crippen molar-refractivity contribution in [1.29, 1.82) is 0 Å². The van der Waals surface area contributed by atoms with Gasteiger partial charge in [0.05, 0.1) is 17.8 Å². The third-order valence-electron chi connectivity index (χ3n) is 3.49. The van der Waals surface area contributed by atoms with E-state index in [-0.39, 0.29) is 0 Å². The fourth-order valence-electron chi connectivity index (χ4n) is 2.36. The second kappa shape index (κ2) is 6.20. The van der Waals surface area contributed by atoms with Crippen LogP contribution in [0.25, 0.3) is 17.1 Å². The summed E-state index contributed by atoms with van der Waals surface area (Å²) >= 11 is 6.36. The number of hydrogen-bond donors (Lipinski definition) is 0. The van der Waals surface area contributed by atoms with Gasteiger partial charge in [-0.15, -0.1) is 10.2 Å². The van der Waals surface area contributed by atoms with Crippen LogP contribution in [-0.4, -0.2) is 21.9 Å². The molecule has 0 N–H and O–H groups in total. The number of halogens is 1. The Bertz CT molecular complexity index is 781. The molecule has 0 saturated heterocycles. The molecule has 22 heavy (non-hydrogen) atoms. The van der Waals surface area contributed by atoms with Crippen molar-refractivity contribution in [3.05, 3.63) is 59.4 Å². The zero-order valence-corrected chi connectivity index (χ0v) is 13.2. The zero-order valence-electron chi connectivity index (χ0n) is 12.5. The lowest BCUT2D eigenvalue weighted by Crippen LogP contribution is -2.03. The molecular formula is C17H16ClN3O. The van der Waals surface area contributed by atoms with Gasteiger partial charge in [0.25, 0.3) is 0 Å². The zero-order chi connectivity index (χ0) is 15.5. The Morgan fingerprint density at radius 2 is 1.77 bits per heavy atom. The maximum absolute atomic E-state index is 6.36. The number of methoxy groups -OCH3 is 1. The lowest BCUT2D eigenvalue weighted by Gasteiger charge is -2.11. The van der Waals surface area contributed by atoms with Gasteiger partial charge >= 0.3 is 0 Å². The maximum Gasteiger partial charge on any atom is 0.168 e. The first-order chi connectivity index (χ1) is 10.7. The molecule has 0 spiro atoms. The van der Waals surface area contributed by atoms with Crippen LogP contribution in [0.1, 0.15) is 12.7 Å². The van der Waals surface area contributed by atoms with E-state index < -0.39 is 0 Å². The second-order valence-electron chi connectivity index (χ2n) is 4.81. The van der Waals surface area contributed by atoms with Crippen LogP contribution in [0.3, 0.4) is 0 Å². The lowest BCUT2D eigenvalue weighted by atomic mass is 10.2. The van der Waals surface area contributed by atoms with Gasteiger partial charge in [0.2, 0.25) is 0 Å². The molecule has 1 aromatic heterocycles. The van der Waals surface area contributed by atoms with Crippen LogP contribution in [0.4, 0.5) is 0 Å². The first-order valence-corrected chi connectivity index (χ1v) is 7.46. The highest BCUT2D eigenvalue weighted by molar-refractivity contribution is 6.32. The van der Waals surface area contributed by atoms with Gasteiger partial charge in [-0.05, 0) is 36.4 Å². The molecule has 0 unspecified atom stereocenters. The third kappa shape index (κ3) is 2.57. The minimum atomic E-state index is 0.673. The quantitative estimate of drug-likeness (QED) is 0.726. The molecule has 0 aliphatic carbocycles. The third-order valence-corrected chi connectivity index (χ3v) is 3.81. The van der Waals surface area contributed by atoms with Crippen LogP contribution in [0, 0.1) is 0 Å². The number of ether oxygens (including phenoxy) is 1. The molecule has 0 radical (unpaired) electrons. The summed E-state index contributed by atoms with van der Waals surface area (Å²) in [4.78, 5) is 0. The predicted octanol–water partition coefficient (Wildman–Crippen LogP) is 4.16. The largest absolute Gasteiger partial charge is 0.497 e. The normalized spacial score (nSPS) is 10.7.